The van der Waals surface area contributed by atoms with Crippen molar-refractivity contribution in [3.63, 3.8) is 0 Å². The number of aromatic nitrogens is 5. The summed E-state index contributed by atoms with van der Waals surface area (Å²) in [5, 5.41) is 15.9. The quantitative estimate of drug-likeness (QED) is 0.0288. The van der Waals surface area contributed by atoms with E-state index in [9.17, 15) is 35.1 Å². The number of halogens is 9. The number of morpholine rings is 1. The van der Waals surface area contributed by atoms with E-state index in [4.69, 9.17) is 41.2 Å². The highest BCUT2D eigenvalue weighted by molar-refractivity contribution is 6.77. The maximum atomic E-state index is 15.4. The number of carbonyl (C=O) groups is 1. The van der Waals surface area contributed by atoms with Gasteiger partial charge < -0.3 is 24.9 Å². The standard InChI is InChI=1S/C40H47BClF4N6O2.C10H10F4N2.C7H16O.C2H4O/c1-21(2)30(15-25-13-28(43)17-29(44)14-25)38-50-37-35(39(53)52(38)33-8-7-31(42)34(24(33)5)36(47)41-48-6)27(20-51-18-22(3)54-23(4)19-51)16-32(49-37)26-9-11-40(45,46)12-10-26;1-2-16-8-6(7(15-16)9(11)12)4-3-5(4)10(8,13)14;1-3-4-5-6-7-8-2;1-2-3/h7-8,13-14,16-17,21-23,26,30,47-48H,9-12,15,18-20H2,1-6H3;4-5,9H,2-3H2,1H3;3-7H2,1-2H3;2H,1H3. The van der Waals surface area contributed by atoms with E-state index in [0.717, 1.165) is 23.6 Å². The van der Waals surface area contributed by atoms with Crippen molar-refractivity contribution in [1.82, 2.24) is 34.4 Å². The lowest BCUT2D eigenvalue weighted by atomic mass is 9.80. The summed E-state index contributed by atoms with van der Waals surface area (Å²) in [6.07, 6.45) is 3.59. The molecule has 5 aromatic rings. The zero-order valence-electron chi connectivity index (χ0n) is 48.1. The minimum Gasteiger partial charge on any atom is -0.385 e. The number of nitrogens with one attached hydrogen (secondary N) is 2. The third-order valence-electron chi connectivity index (χ3n) is 15.4. The number of aryl methyl sites for hydroxylation is 1. The van der Waals surface area contributed by atoms with Crippen LogP contribution in [0, 0.1) is 35.8 Å². The first-order chi connectivity index (χ1) is 38.4. The van der Waals surface area contributed by atoms with Crippen molar-refractivity contribution in [1.29, 1.82) is 5.41 Å². The summed E-state index contributed by atoms with van der Waals surface area (Å²) in [4.78, 5) is 36.5. The molecule has 0 amide bonds. The highest BCUT2D eigenvalue weighted by atomic mass is 35.5. The van der Waals surface area contributed by atoms with Crippen LogP contribution in [-0.4, -0.2) is 101 Å². The molecule has 2 saturated carbocycles. The van der Waals surface area contributed by atoms with Crippen molar-refractivity contribution in [2.75, 3.05) is 33.9 Å². The number of carbonyl (C=O) groups excluding carboxylic acids is 1. The Morgan fingerprint density at radius 1 is 1.00 bits per heavy atom. The average molecular weight is 1160 g/mol. The highest BCUT2D eigenvalue weighted by Gasteiger charge is 2.67. The Hall–Kier alpha value is -5.09. The van der Waals surface area contributed by atoms with Gasteiger partial charge >= 0.3 is 0 Å². The lowest BCUT2D eigenvalue weighted by Crippen LogP contribution is -2.45. The minimum atomic E-state index is -2.98. The number of rotatable bonds is 18. The topological polar surface area (TPSA) is 140 Å². The minimum absolute atomic E-state index is 0.0392. The van der Waals surface area contributed by atoms with Crippen molar-refractivity contribution in [3.8, 4) is 5.69 Å². The van der Waals surface area contributed by atoms with Gasteiger partial charge in [-0.15, -0.1) is 0 Å². The van der Waals surface area contributed by atoms with Crippen molar-refractivity contribution >= 4 is 41.9 Å². The van der Waals surface area contributed by atoms with Crippen molar-refractivity contribution < 1.29 is 49.4 Å². The number of ether oxygens (including phenoxy) is 2. The van der Waals surface area contributed by atoms with E-state index in [1.54, 1.807) is 44.7 Å². The monoisotopic (exact) mass is 1160 g/mol. The second-order valence-corrected chi connectivity index (χ2v) is 22.4. The number of aldehydes is 1. The molecule has 4 aliphatic rings. The van der Waals surface area contributed by atoms with E-state index in [-0.39, 0.29) is 85.2 Å². The van der Waals surface area contributed by atoms with E-state index >= 15 is 4.79 Å². The lowest BCUT2D eigenvalue weighted by Gasteiger charge is -2.35. The van der Waals surface area contributed by atoms with E-state index in [1.165, 1.54) is 52.2 Å². The number of benzene rings is 2. The van der Waals surface area contributed by atoms with Crippen LogP contribution in [0.25, 0.3) is 16.7 Å². The number of fused-ring (bicyclic) bond motifs is 4. The van der Waals surface area contributed by atoms with Gasteiger partial charge in [0.15, 0.2) is 5.65 Å². The summed E-state index contributed by atoms with van der Waals surface area (Å²) < 4.78 is 124. The summed E-state index contributed by atoms with van der Waals surface area (Å²) in [5.41, 5.74) is 2.45. The molecule has 9 rings (SSSR count). The third-order valence-corrected chi connectivity index (χ3v) is 15.7. The van der Waals surface area contributed by atoms with Crippen molar-refractivity contribution in [3.05, 3.63) is 114 Å². The third kappa shape index (κ3) is 15.6. The van der Waals surface area contributed by atoms with Crippen LogP contribution in [0.3, 0.4) is 0 Å². The number of alkyl halides is 6. The molecule has 4 heterocycles. The molecule has 12 nitrogen and oxygen atoms in total. The molecule has 0 bridgehead atoms. The van der Waals surface area contributed by atoms with Gasteiger partial charge in [0.1, 0.15) is 35.1 Å². The first-order valence-corrected chi connectivity index (χ1v) is 28.5. The smallest absolute Gasteiger partial charge is 0.293 e. The fraction of sp³-hybridized carbons (Fsp3) is 0.593. The molecule has 3 fully saturated rings. The molecule has 1 radical (unpaired) electrons. The maximum absolute atomic E-state index is 15.4. The second kappa shape index (κ2) is 28.5. The molecule has 5 atom stereocenters. The molecule has 443 valence electrons. The first-order valence-electron chi connectivity index (χ1n) is 28.1. The Morgan fingerprint density at radius 2 is 1.64 bits per heavy atom. The SMILES string of the molecule is CC=O.CCCCCCOC.CCn1nc(C(F)F)c2c1C(F)(F)C1CC21.CN[B]C(=N)c1c(Cl)ccc(-n2c(C(Cc3cc(F)cc(F)c3)C(C)C)nc3nc(C4CCC(F)(F)CC4)cc(CN4CC(C)OC(C)C4)c3c2=O)c1C. The molecule has 2 aromatic carbocycles. The van der Waals surface area contributed by atoms with Crippen LogP contribution in [0.1, 0.15) is 181 Å². The van der Waals surface area contributed by atoms with Crippen LogP contribution in [-0.2, 0) is 39.7 Å². The fourth-order valence-corrected chi connectivity index (χ4v) is 11.8. The Labute approximate surface area is 475 Å². The molecule has 1 saturated heterocycles. The van der Waals surface area contributed by atoms with E-state index in [0.29, 0.717) is 75.9 Å². The van der Waals surface area contributed by atoms with Gasteiger partial charge in [-0.25, -0.2) is 36.3 Å². The highest BCUT2D eigenvalue weighted by Crippen LogP contribution is 2.68. The van der Waals surface area contributed by atoms with E-state index in [2.05, 4.69) is 22.2 Å². The van der Waals surface area contributed by atoms with Crippen LogP contribution in [0.15, 0.2) is 41.2 Å². The molecular formula is C59H77BClF8N8O4. The van der Waals surface area contributed by atoms with Gasteiger partial charge in [0.05, 0.1) is 23.3 Å². The predicted molar refractivity (Wildman–Crippen MR) is 301 cm³/mol. The summed E-state index contributed by atoms with van der Waals surface area (Å²) in [6.45, 7) is 17.8. The number of hydrogen-bond donors (Lipinski definition) is 2. The maximum Gasteiger partial charge on any atom is 0.293 e. The van der Waals surface area contributed by atoms with E-state index < -0.39 is 58.9 Å². The summed E-state index contributed by atoms with van der Waals surface area (Å²) in [6, 6.07) is 8.63. The van der Waals surface area contributed by atoms with Gasteiger partial charge in [0.2, 0.25) is 5.92 Å². The van der Waals surface area contributed by atoms with Gasteiger partial charge in [-0.2, -0.15) is 13.9 Å². The van der Waals surface area contributed by atoms with Crippen LogP contribution >= 0.6 is 11.6 Å². The number of pyridine rings is 1. The van der Waals surface area contributed by atoms with Gasteiger partial charge in [-0.3, -0.25) is 18.9 Å². The predicted octanol–water partition coefficient (Wildman–Crippen LogP) is 13.5. The van der Waals surface area contributed by atoms with Crippen LogP contribution in [0.4, 0.5) is 35.1 Å². The Balaban J connectivity index is 0.000000317. The summed E-state index contributed by atoms with van der Waals surface area (Å²) in [7, 11) is 4.94. The molecule has 3 aliphatic carbocycles. The van der Waals surface area contributed by atoms with Crippen LogP contribution in [0.5, 0.6) is 0 Å². The van der Waals surface area contributed by atoms with Crippen molar-refractivity contribution in [2.45, 2.75) is 181 Å². The van der Waals surface area contributed by atoms with Gasteiger partial charge in [-0.1, -0.05) is 51.6 Å². The zero-order valence-corrected chi connectivity index (χ0v) is 48.8. The van der Waals surface area contributed by atoms with Gasteiger partial charge in [-0.05, 0) is 133 Å². The van der Waals surface area contributed by atoms with E-state index in [1.807, 2.05) is 33.8 Å². The normalized spacial score (nSPS) is 20.3. The number of unbranched alkanes of at least 4 members (excludes halogenated alkanes) is 3. The largest absolute Gasteiger partial charge is 0.385 e. The second-order valence-electron chi connectivity index (χ2n) is 22.0. The molecule has 2 N–H and O–H groups in total. The molecule has 0 spiro atoms. The average Bonchev–Trinajstić information content (AvgIpc) is 4.27. The fourth-order valence-electron chi connectivity index (χ4n) is 11.5. The Morgan fingerprint density at radius 3 is 2.21 bits per heavy atom. The lowest BCUT2D eigenvalue weighted by molar-refractivity contribution is -0.106. The summed E-state index contributed by atoms with van der Waals surface area (Å²) in [5.74, 6) is -8.91. The number of hydrogen-bond acceptors (Lipinski definition) is 10. The van der Waals surface area contributed by atoms with Gasteiger partial charge in [0, 0.05) is 104 Å². The molecule has 1 aliphatic heterocycles. The molecule has 22 heteroatoms. The number of methoxy groups -OCH3 is 1. The summed E-state index contributed by atoms with van der Waals surface area (Å²) >= 11 is 6.67. The molecule has 3 aromatic heterocycles. The zero-order chi connectivity index (χ0) is 59.7. The van der Waals surface area contributed by atoms with Crippen LogP contribution < -0.4 is 10.8 Å². The molecule has 81 heavy (non-hydrogen) atoms. The van der Waals surface area contributed by atoms with Crippen LogP contribution in [0.2, 0.25) is 5.02 Å². The van der Waals surface area contributed by atoms with Gasteiger partial charge in [0.25, 0.3) is 25.3 Å². The van der Waals surface area contributed by atoms with Crippen molar-refractivity contribution in [2.24, 2.45) is 11.8 Å². The Bertz CT molecular complexity index is 2990. The number of nitrogens with zero attached hydrogens (tertiary/aromatic N) is 6. The molecular weight excluding hydrogens is 1080 g/mol. The Kier molecular flexibility index (Phi) is 22.9. The molecule has 5 unspecified atom stereocenters. The first kappa shape index (κ1) is 65.1.